The molecule has 86 valence electrons. The molecule has 1 N–H and O–H groups in total. The van der Waals surface area contributed by atoms with Gasteiger partial charge in [-0.1, -0.05) is 18.2 Å². The number of carbonyl (C=O) groups is 1. The van der Waals surface area contributed by atoms with Crippen molar-refractivity contribution < 1.29 is 9.90 Å². The predicted octanol–water partition coefficient (Wildman–Crippen LogP) is 3.27. The van der Waals surface area contributed by atoms with Crippen molar-refractivity contribution in [1.29, 1.82) is 0 Å². The number of carboxylic acids is 1. The molecule has 0 radical (unpaired) electrons. The van der Waals surface area contributed by atoms with Crippen LogP contribution >= 0.6 is 0 Å². The molecule has 0 aliphatic heterocycles. The topological polar surface area (TPSA) is 37.3 Å². The van der Waals surface area contributed by atoms with E-state index in [-0.39, 0.29) is 12.3 Å². The number of hydrogen-bond donors (Lipinski definition) is 1. The molecule has 1 aromatic rings. The Balaban J connectivity index is 2.30. The zero-order valence-electron chi connectivity index (χ0n) is 9.86. The van der Waals surface area contributed by atoms with Gasteiger partial charge in [0.25, 0.3) is 0 Å². The van der Waals surface area contributed by atoms with Gasteiger partial charge in [-0.05, 0) is 55.2 Å². The van der Waals surface area contributed by atoms with Gasteiger partial charge in [0.15, 0.2) is 0 Å². The van der Waals surface area contributed by atoms with E-state index in [1.807, 2.05) is 6.07 Å². The van der Waals surface area contributed by atoms with Crippen LogP contribution in [0.1, 0.15) is 41.9 Å². The summed E-state index contributed by atoms with van der Waals surface area (Å²) in [5.74, 6) is 0.131. The Labute approximate surface area is 96.3 Å². The van der Waals surface area contributed by atoms with E-state index in [0.717, 1.165) is 0 Å². The first-order valence-corrected chi connectivity index (χ1v) is 5.87. The minimum Gasteiger partial charge on any atom is -0.481 e. The van der Waals surface area contributed by atoms with E-state index in [1.165, 1.54) is 29.5 Å². The molecule has 1 unspecified atom stereocenters. The second-order valence-electron chi connectivity index (χ2n) is 4.83. The molecule has 0 aromatic heterocycles. The molecule has 1 aromatic carbocycles. The van der Waals surface area contributed by atoms with Crippen LogP contribution in [0.3, 0.4) is 0 Å². The third-order valence-electron chi connectivity index (χ3n) is 3.63. The molecule has 2 heteroatoms. The molecule has 1 fully saturated rings. The van der Waals surface area contributed by atoms with Gasteiger partial charge in [-0.15, -0.1) is 0 Å². The van der Waals surface area contributed by atoms with E-state index in [2.05, 4.69) is 26.0 Å². The SMILES string of the molecule is Cc1cccc(C(CC(=O)O)C2CC2)c1C. The first-order valence-electron chi connectivity index (χ1n) is 5.87. The number of rotatable bonds is 4. The molecule has 1 saturated carbocycles. The van der Waals surface area contributed by atoms with Gasteiger partial charge in [0.1, 0.15) is 0 Å². The number of carboxylic acid groups (broad SMARTS) is 1. The van der Waals surface area contributed by atoms with E-state index in [0.29, 0.717) is 5.92 Å². The maximum atomic E-state index is 10.9. The summed E-state index contributed by atoms with van der Waals surface area (Å²) in [5.41, 5.74) is 3.76. The molecular formula is C14H18O2. The van der Waals surface area contributed by atoms with Crippen LogP contribution in [-0.4, -0.2) is 11.1 Å². The molecule has 2 rings (SSSR count). The van der Waals surface area contributed by atoms with Crippen molar-refractivity contribution in [2.24, 2.45) is 5.92 Å². The lowest BCUT2D eigenvalue weighted by molar-refractivity contribution is -0.137. The lowest BCUT2D eigenvalue weighted by Crippen LogP contribution is -2.10. The fourth-order valence-corrected chi connectivity index (χ4v) is 2.39. The summed E-state index contributed by atoms with van der Waals surface area (Å²) in [6.45, 7) is 4.19. The minimum absolute atomic E-state index is 0.220. The normalized spacial score (nSPS) is 17.1. The molecule has 0 bridgehead atoms. The van der Waals surface area contributed by atoms with Crippen molar-refractivity contribution in [1.82, 2.24) is 0 Å². The minimum atomic E-state index is -0.683. The average Bonchev–Trinajstić information content (AvgIpc) is 3.02. The average molecular weight is 218 g/mol. The highest BCUT2D eigenvalue weighted by Crippen LogP contribution is 2.45. The Hall–Kier alpha value is -1.31. The van der Waals surface area contributed by atoms with Crippen LogP contribution < -0.4 is 0 Å². The fourth-order valence-electron chi connectivity index (χ4n) is 2.39. The summed E-state index contributed by atoms with van der Waals surface area (Å²) < 4.78 is 0. The Kier molecular flexibility index (Phi) is 2.99. The predicted molar refractivity (Wildman–Crippen MR) is 63.6 cm³/mol. The summed E-state index contributed by atoms with van der Waals surface area (Å²) in [5, 5.41) is 8.98. The summed E-state index contributed by atoms with van der Waals surface area (Å²) in [7, 11) is 0. The Bertz CT molecular complexity index is 405. The molecule has 0 amide bonds. The van der Waals surface area contributed by atoms with Crippen LogP contribution in [0.15, 0.2) is 18.2 Å². The monoisotopic (exact) mass is 218 g/mol. The van der Waals surface area contributed by atoms with Crippen LogP contribution in [0, 0.1) is 19.8 Å². The molecular weight excluding hydrogens is 200 g/mol. The van der Waals surface area contributed by atoms with E-state index < -0.39 is 5.97 Å². The van der Waals surface area contributed by atoms with Crippen molar-refractivity contribution in [2.75, 3.05) is 0 Å². The highest BCUT2D eigenvalue weighted by atomic mass is 16.4. The first kappa shape index (κ1) is 11.2. The summed E-state index contributed by atoms with van der Waals surface area (Å²) in [4.78, 5) is 10.9. The van der Waals surface area contributed by atoms with Gasteiger partial charge in [-0.2, -0.15) is 0 Å². The van der Waals surface area contributed by atoms with Gasteiger partial charge in [-0.25, -0.2) is 0 Å². The second-order valence-corrected chi connectivity index (χ2v) is 4.83. The van der Waals surface area contributed by atoms with Gasteiger partial charge in [-0.3, -0.25) is 4.79 Å². The van der Waals surface area contributed by atoms with Gasteiger partial charge >= 0.3 is 5.97 Å². The number of aryl methyl sites for hydroxylation is 1. The second kappa shape index (κ2) is 4.28. The van der Waals surface area contributed by atoms with Crippen LogP contribution in [0.25, 0.3) is 0 Å². The van der Waals surface area contributed by atoms with E-state index in [4.69, 9.17) is 5.11 Å². The van der Waals surface area contributed by atoms with Crippen LogP contribution in [0.5, 0.6) is 0 Å². The third-order valence-corrected chi connectivity index (χ3v) is 3.63. The smallest absolute Gasteiger partial charge is 0.303 e. The van der Waals surface area contributed by atoms with Crippen LogP contribution in [0.2, 0.25) is 0 Å². The number of aliphatic carboxylic acids is 1. The molecule has 0 saturated heterocycles. The lowest BCUT2D eigenvalue weighted by Gasteiger charge is -2.18. The summed E-state index contributed by atoms with van der Waals surface area (Å²) >= 11 is 0. The largest absolute Gasteiger partial charge is 0.481 e. The molecule has 16 heavy (non-hydrogen) atoms. The van der Waals surface area contributed by atoms with Crippen molar-refractivity contribution in [3.8, 4) is 0 Å². The van der Waals surface area contributed by atoms with Crippen molar-refractivity contribution in [2.45, 2.75) is 39.0 Å². The lowest BCUT2D eigenvalue weighted by atomic mass is 9.86. The van der Waals surface area contributed by atoms with Crippen molar-refractivity contribution in [3.05, 3.63) is 34.9 Å². The number of hydrogen-bond acceptors (Lipinski definition) is 1. The standard InChI is InChI=1S/C14H18O2/c1-9-4-3-5-12(10(9)2)13(8-14(15)16)11-6-7-11/h3-5,11,13H,6-8H2,1-2H3,(H,15,16). The molecule has 2 nitrogen and oxygen atoms in total. The number of benzene rings is 1. The molecule has 0 spiro atoms. The first-order chi connectivity index (χ1) is 7.59. The Morgan fingerprint density at radius 1 is 1.44 bits per heavy atom. The zero-order valence-corrected chi connectivity index (χ0v) is 9.86. The summed E-state index contributed by atoms with van der Waals surface area (Å²) in [6.07, 6.45) is 2.64. The van der Waals surface area contributed by atoms with Crippen LogP contribution in [0.4, 0.5) is 0 Å². The van der Waals surface area contributed by atoms with E-state index in [9.17, 15) is 4.79 Å². The maximum Gasteiger partial charge on any atom is 0.303 e. The van der Waals surface area contributed by atoms with Gasteiger partial charge < -0.3 is 5.11 Å². The summed E-state index contributed by atoms with van der Waals surface area (Å²) in [6, 6.07) is 6.21. The van der Waals surface area contributed by atoms with Crippen molar-refractivity contribution >= 4 is 5.97 Å². The third kappa shape index (κ3) is 2.26. The molecule has 1 aliphatic rings. The molecule has 1 aliphatic carbocycles. The van der Waals surface area contributed by atoms with Crippen molar-refractivity contribution in [3.63, 3.8) is 0 Å². The van der Waals surface area contributed by atoms with Gasteiger partial charge in [0.05, 0.1) is 6.42 Å². The van der Waals surface area contributed by atoms with E-state index in [1.54, 1.807) is 0 Å². The fraction of sp³-hybridized carbons (Fsp3) is 0.500. The zero-order chi connectivity index (χ0) is 11.7. The van der Waals surface area contributed by atoms with E-state index >= 15 is 0 Å². The molecule has 1 atom stereocenters. The highest BCUT2D eigenvalue weighted by Gasteiger charge is 2.34. The van der Waals surface area contributed by atoms with Crippen LogP contribution in [-0.2, 0) is 4.79 Å². The quantitative estimate of drug-likeness (QED) is 0.842. The Morgan fingerprint density at radius 3 is 2.69 bits per heavy atom. The molecule has 0 heterocycles. The maximum absolute atomic E-state index is 10.9. The van der Waals surface area contributed by atoms with Gasteiger partial charge in [0, 0.05) is 0 Å². The Morgan fingerprint density at radius 2 is 2.12 bits per heavy atom. The van der Waals surface area contributed by atoms with Gasteiger partial charge in [0.2, 0.25) is 0 Å². The highest BCUT2D eigenvalue weighted by molar-refractivity contribution is 5.68.